The van der Waals surface area contributed by atoms with Crippen LogP contribution < -0.4 is 0 Å². The minimum Gasteiger partial charge on any atom is -0.383 e. The predicted octanol–water partition coefficient (Wildman–Crippen LogP) is 1.67. The standard InChI is InChI=1S/C24H30N2O5/c1-5-13-11-15(19-17(13)21(27)25(3)22(19)28)7-8-16-12-14(6-2)18-20(16)24(30)26(23(18)29)9-10-31-4/h5-8,13-20H,1-2,9-12H2,3-4H3/b8-7-. The number of carbonyl (C=O) groups excluding carboxylic acids is 4. The molecule has 0 N–H and O–H groups in total. The summed E-state index contributed by atoms with van der Waals surface area (Å²) >= 11 is 0. The van der Waals surface area contributed by atoms with Crippen molar-refractivity contribution in [3.05, 3.63) is 37.5 Å². The molecule has 8 atom stereocenters. The Morgan fingerprint density at radius 2 is 1.23 bits per heavy atom. The molecule has 4 aliphatic rings. The second-order valence-corrected chi connectivity index (χ2v) is 9.14. The van der Waals surface area contributed by atoms with E-state index in [1.165, 1.54) is 16.8 Å². The van der Waals surface area contributed by atoms with Crippen LogP contribution in [0.2, 0.25) is 0 Å². The Balaban J connectivity index is 1.56. The van der Waals surface area contributed by atoms with E-state index < -0.39 is 5.92 Å². The Morgan fingerprint density at radius 1 is 0.806 bits per heavy atom. The van der Waals surface area contributed by atoms with Crippen LogP contribution in [0.4, 0.5) is 0 Å². The number of nitrogens with zero attached hydrogens (tertiary/aromatic N) is 2. The molecule has 31 heavy (non-hydrogen) atoms. The first-order chi connectivity index (χ1) is 14.8. The summed E-state index contributed by atoms with van der Waals surface area (Å²) in [5.41, 5.74) is 0. The molecule has 7 nitrogen and oxygen atoms in total. The van der Waals surface area contributed by atoms with E-state index in [0.717, 1.165) is 0 Å². The van der Waals surface area contributed by atoms with Crippen LogP contribution in [0, 0.1) is 47.3 Å². The Labute approximate surface area is 182 Å². The van der Waals surface area contributed by atoms with Gasteiger partial charge in [0.15, 0.2) is 0 Å². The SMILES string of the molecule is C=CC1CC(/C=C\C2CC(C=C)C3C(=O)N(CCOC)C(=O)C23)C2C(=O)N(C)C(=O)C12. The number of likely N-dealkylation sites (tertiary alicyclic amines) is 2. The number of amides is 4. The second kappa shape index (κ2) is 8.19. The molecule has 8 unspecified atom stereocenters. The highest BCUT2D eigenvalue weighted by atomic mass is 16.5. The van der Waals surface area contributed by atoms with Gasteiger partial charge in [-0.05, 0) is 36.5 Å². The lowest BCUT2D eigenvalue weighted by molar-refractivity contribution is -0.142. The number of hydrogen-bond donors (Lipinski definition) is 0. The first kappa shape index (κ1) is 21.7. The zero-order valence-electron chi connectivity index (χ0n) is 18.1. The molecule has 2 heterocycles. The van der Waals surface area contributed by atoms with Crippen molar-refractivity contribution in [1.82, 2.24) is 9.80 Å². The fraction of sp³-hybridized carbons (Fsp3) is 0.583. The molecule has 4 amide bonds. The van der Waals surface area contributed by atoms with Crippen LogP contribution in [0.3, 0.4) is 0 Å². The minimum atomic E-state index is -0.403. The maximum absolute atomic E-state index is 13.1. The van der Waals surface area contributed by atoms with Crippen LogP contribution in [0.25, 0.3) is 0 Å². The van der Waals surface area contributed by atoms with E-state index in [1.54, 1.807) is 19.3 Å². The molecule has 166 valence electrons. The summed E-state index contributed by atoms with van der Waals surface area (Å²) < 4.78 is 5.05. The third-order valence-corrected chi connectivity index (χ3v) is 7.77. The predicted molar refractivity (Wildman–Crippen MR) is 113 cm³/mol. The van der Waals surface area contributed by atoms with Gasteiger partial charge in [-0.1, -0.05) is 24.3 Å². The van der Waals surface area contributed by atoms with Crippen LogP contribution in [0.15, 0.2) is 37.5 Å². The Hall–Kier alpha value is -2.54. The summed E-state index contributed by atoms with van der Waals surface area (Å²) in [6.45, 7) is 8.32. The third kappa shape index (κ3) is 3.21. The Morgan fingerprint density at radius 3 is 1.68 bits per heavy atom. The van der Waals surface area contributed by atoms with Gasteiger partial charge in [0.25, 0.3) is 0 Å². The number of ether oxygens (including phenoxy) is 1. The van der Waals surface area contributed by atoms with Crippen LogP contribution in [-0.2, 0) is 23.9 Å². The molecule has 0 aromatic rings. The lowest BCUT2D eigenvalue weighted by atomic mass is 9.86. The molecule has 2 aliphatic heterocycles. The molecule has 0 aromatic heterocycles. The number of fused-ring (bicyclic) bond motifs is 2. The highest BCUT2D eigenvalue weighted by molar-refractivity contribution is 6.06. The lowest BCUT2D eigenvalue weighted by Gasteiger charge is -2.19. The highest BCUT2D eigenvalue weighted by Crippen LogP contribution is 2.51. The molecule has 2 saturated heterocycles. The first-order valence-electron chi connectivity index (χ1n) is 10.9. The van der Waals surface area contributed by atoms with E-state index in [2.05, 4.69) is 13.2 Å². The van der Waals surface area contributed by atoms with E-state index in [4.69, 9.17) is 4.74 Å². The normalized spacial score (nSPS) is 39.7. The van der Waals surface area contributed by atoms with Crippen molar-refractivity contribution in [3.63, 3.8) is 0 Å². The number of imide groups is 2. The lowest BCUT2D eigenvalue weighted by Crippen LogP contribution is -2.36. The molecular weight excluding hydrogens is 396 g/mol. The number of methoxy groups -OCH3 is 1. The molecular formula is C24H30N2O5. The van der Waals surface area contributed by atoms with Crippen LogP contribution >= 0.6 is 0 Å². The van der Waals surface area contributed by atoms with Gasteiger partial charge in [0.2, 0.25) is 23.6 Å². The summed E-state index contributed by atoms with van der Waals surface area (Å²) in [7, 11) is 3.08. The maximum atomic E-state index is 13.1. The molecule has 4 fully saturated rings. The summed E-state index contributed by atoms with van der Waals surface area (Å²) in [5.74, 6) is -2.31. The van der Waals surface area contributed by atoms with Gasteiger partial charge in [0.05, 0.1) is 36.8 Å². The third-order valence-electron chi connectivity index (χ3n) is 7.77. The van der Waals surface area contributed by atoms with Gasteiger partial charge >= 0.3 is 0 Å². The average molecular weight is 427 g/mol. The summed E-state index contributed by atoms with van der Waals surface area (Å²) in [4.78, 5) is 53.7. The Kier molecular flexibility index (Phi) is 5.73. The van der Waals surface area contributed by atoms with Crippen molar-refractivity contribution >= 4 is 23.6 Å². The summed E-state index contributed by atoms with van der Waals surface area (Å²) in [6, 6.07) is 0. The van der Waals surface area contributed by atoms with Crippen LogP contribution in [0.5, 0.6) is 0 Å². The molecule has 0 spiro atoms. The molecule has 0 radical (unpaired) electrons. The fourth-order valence-electron chi connectivity index (χ4n) is 6.22. The number of carbonyl (C=O) groups is 4. The van der Waals surface area contributed by atoms with Gasteiger partial charge in [-0.15, -0.1) is 13.2 Å². The smallest absolute Gasteiger partial charge is 0.233 e. The molecule has 4 rings (SSSR count). The van der Waals surface area contributed by atoms with Crippen molar-refractivity contribution in [2.24, 2.45) is 47.3 Å². The number of hydrogen-bond acceptors (Lipinski definition) is 5. The minimum absolute atomic E-state index is 0.0301. The highest BCUT2D eigenvalue weighted by Gasteiger charge is 2.58. The van der Waals surface area contributed by atoms with Crippen molar-refractivity contribution in [2.45, 2.75) is 12.8 Å². The zero-order valence-corrected chi connectivity index (χ0v) is 18.1. The molecule has 7 heteroatoms. The van der Waals surface area contributed by atoms with Crippen molar-refractivity contribution in [3.8, 4) is 0 Å². The maximum Gasteiger partial charge on any atom is 0.233 e. The van der Waals surface area contributed by atoms with Crippen molar-refractivity contribution < 1.29 is 23.9 Å². The monoisotopic (exact) mass is 426 g/mol. The fourth-order valence-corrected chi connectivity index (χ4v) is 6.22. The van der Waals surface area contributed by atoms with Gasteiger partial charge in [-0.25, -0.2) is 0 Å². The summed E-state index contributed by atoms with van der Waals surface area (Å²) in [5, 5.41) is 0. The van der Waals surface area contributed by atoms with Gasteiger partial charge in [-0.3, -0.25) is 29.0 Å². The van der Waals surface area contributed by atoms with Crippen LogP contribution in [0.1, 0.15) is 12.8 Å². The zero-order chi connectivity index (χ0) is 22.4. The van der Waals surface area contributed by atoms with E-state index in [1.807, 2.05) is 12.2 Å². The van der Waals surface area contributed by atoms with E-state index in [9.17, 15) is 19.2 Å². The quantitative estimate of drug-likeness (QED) is 0.457. The van der Waals surface area contributed by atoms with E-state index in [-0.39, 0.29) is 71.6 Å². The molecule has 0 bridgehead atoms. The van der Waals surface area contributed by atoms with E-state index >= 15 is 0 Å². The molecule has 2 saturated carbocycles. The van der Waals surface area contributed by atoms with Gasteiger partial charge in [0, 0.05) is 14.2 Å². The largest absolute Gasteiger partial charge is 0.383 e. The van der Waals surface area contributed by atoms with Crippen molar-refractivity contribution in [2.75, 3.05) is 27.3 Å². The van der Waals surface area contributed by atoms with Crippen LogP contribution in [-0.4, -0.2) is 60.7 Å². The Bertz CT molecular complexity index is 864. The number of rotatable bonds is 7. The van der Waals surface area contributed by atoms with Crippen molar-refractivity contribution in [1.29, 1.82) is 0 Å². The molecule has 2 aliphatic carbocycles. The average Bonchev–Trinajstić information content (AvgIpc) is 3.45. The van der Waals surface area contributed by atoms with Gasteiger partial charge in [-0.2, -0.15) is 0 Å². The van der Waals surface area contributed by atoms with Gasteiger partial charge in [0.1, 0.15) is 0 Å². The molecule has 0 aromatic carbocycles. The van der Waals surface area contributed by atoms with Gasteiger partial charge < -0.3 is 4.74 Å². The second-order valence-electron chi connectivity index (χ2n) is 9.14. The summed E-state index contributed by atoms with van der Waals surface area (Å²) in [6.07, 6.45) is 8.96. The number of allylic oxidation sites excluding steroid dienone is 4. The van der Waals surface area contributed by atoms with E-state index in [0.29, 0.717) is 19.4 Å². The first-order valence-corrected chi connectivity index (χ1v) is 10.9. The topological polar surface area (TPSA) is 84.0 Å².